The standard InChI is InChI=1S/C24H21B/c25-20-15-16-23(24(17-20)19-11-5-2-6-12-19)22-14-8-7-13-21(22)18-9-3-1-4-10-18/h1,3-5,7-17H,2,6,25H2. The fraction of sp³-hybridized carbons (Fsp3) is 0.0833. The molecule has 1 aliphatic rings. The Kier molecular flexibility index (Phi) is 4.39. The second kappa shape index (κ2) is 6.98. The normalized spacial score (nSPS) is 13.5. The molecule has 0 heterocycles. The van der Waals surface area contributed by atoms with Crippen LogP contribution in [0, 0.1) is 0 Å². The van der Waals surface area contributed by atoms with Crippen LogP contribution in [0.5, 0.6) is 0 Å². The van der Waals surface area contributed by atoms with Gasteiger partial charge in [-0.3, -0.25) is 0 Å². The Bertz CT molecular complexity index is 949. The zero-order valence-corrected chi connectivity index (χ0v) is 14.6. The van der Waals surface area contributed by atoms with Crippen LogP contribution in [0.15, 0.2) is 91.0 Å². The summed E-state index contributed by atoms with van der Waals surface area (Å²) in [5, 5.41) is 0. The molecule has 0 saturated carbocycles. The van der Waals surface area contributed by atoms with Crippen molar-refractivity contribution in [2.24, 2.45) is 0 Å². The Morgan fingerprint density at radius 3 is 2.12 bits per heavy atom. The summed E-state index contributed by atoms with van der Waals surface area (Å²) < 4.78 is 0. The molecule has 25 heavy (non-hydrogen) atoms. The van der Waals surface area contributed by atoms with Crippen molar-refractivity contribution in [3.05, 3.63) is 96.6 Å². The van der Waals surface area contributed by atoms with E-state index in [1.54, 1.807) is 0 Å². The Hall–Kier alpha value is -2.80. The second-order valence-electron chi connectivity index (χ2n) is 6.60. The summed E-state index contributed by atoms with van der Waals surface area (Å²) in [5.41, 5.74) is 9.13. The van der Waals surface area contributed by atoms with Gasteiger partial charge in [-0.25, -0.2) is 0 Å². The molecule has 0 aliphatic heterocycles. The van der Waals surface area contributed by atoms with E-state index in [0.717, 1.165) is 12.8 Å². The molecule has 0 aromatic heterocycles. The van der Waals surface area contributed by atoms with E-state index in [1.165, 1.54) is 38.9 Å². The van der Waals surface area contributed by atoms with Crippen molar-refractivity contribution < 1.29 is 0 Å². The maximum absolute atomic E-state index is 2.36. The molecule has 0 atom stereocenters. The van der Waals surface area contributed by atoms with Crippen molar-refractivity contribution in [3.8, 4) is 22.3 Å². The minimum Gasteiger partial charge on any atom is -0.0883 e. The Labute approximate surface area is 151 Å². The third kappa shape index (κ3) is 3.23. The lowest BCUT2D eigenvalue weighted by Gasteiger charge is -2.17. The van der Waals surface area contributed by atoms with Gasteiger partial charge in [0.25, 0.3) is 0 Å². The van der Waals surface area contributed by atoms with Gasteiger partial charge < -0.3 is 0 Å². The molecule has 0 saturated heterocycles. The molecule has 120 valence electrons. The quantitative estimate of drug-likeness (QED) is 0.595. The topological polar surface area (TPSA) is 0 Å². The largest absolute Gasteiger partial charge is 0.139 e. The fourth-order valence-electron chi connectivity index (χ4n) is 3.53. The zero-order valence-electron chi connectivity index (χ0n) is 14.6. The van der Waals surface area contributed by atoms with Gasteiger partial charge in [0.05, 0.1) is 0 Å². The van der Waals surface area contributed by atoms with Gasteiger partial charge in [-0.15, -0.1) is 0 Å². The summed E-state index contributed by atoms with van der Waals surface area (Å²) in [6.07, 6.45) is 9.19. The first-order valence-electron chi connectivity index (χ1n) is 8.95. The summed E-state index contributed by atoms with van der Waals surface area (Å²) in [7, 11) is 2.17. The van der Waals surface area contributed by atoms with Gasteiger partial charge in [0.2, 0.25) is 0 Å². The highest BCUT2D eigenvalue weighted by Gasteiger charge is 2.13. The number of allylic oxidation sites excluding steroid dienone is 4. The molecule has 1 aliphatic carbocycles. The van der Waals surface area contributed by atoms with Crippen molar-refractivity contribution in [1.29, 1.82) is 0 Å². The maximum Gasteiger partial charge on any atom is 0.139 e. The zero-order chi connectivity index (χ0) is 17.1. The van der Waals surface area contributed by atoms with Crippen LogP contribution in [-0.4, -0.2) is 7.85 Å². The van der Waals surface area contributed by atoms with Crippen LogP contribution in [0.2, 0.25) is 0 Å². The van der Waals surface area contributed by atoms with Crippen LogP contribution in [0.25, 0.3) is 27.8 Å². The molecule has 0 nitrogen and oxygen atoms in total. The summed E-state index contributed by atoms with van der Waals surface area (Å²) in [4.78, 5) is 0. The van der Waals surface area contributed by atoms with Crippen LogP contribution >= 0.6 is 0 Å². The monoisotopic (exact) mass is 320 g/mol. The fourth-order valence-corrected chi connectivity index (χ4v) is 3.53. The number of rotatable bonds is 3. The summed E-state index contributed by atoms with van der Waals surface area (Å²) >= 11 is 0. The van der Waals surface area contributed by atoms with Crippen LogP contribution in [-0.2, 0) is 0 Å². The lowest BCUT2D eigenvalue weighted by atomic mass is 9.84. The summed E-state index contributed by atoms with van der Waals surface area (Å²) in [5.74, 6) is 0. The number of benzene rings is 3. The molecule has 3 aromatic rings. The smallest absolute Gasteiger partial charge is 0.0883 e. The molecule has 0 N–H and O–H groups in total. The highest BCUT2D eigenvalue weighted by atomic mass is 14.2. The van der Waals surface area contributed by atoms with E-state index in [-0.39, 0.29) is 0 Å². The molecular formula is C24H21B. The van der Waals surface area contributed by atoms with E-state index in [2.05, 4.69) is 98.9 Å². The van der Waals surface area contributed by atoms with Gasteiger partial charge in [0.15, 0.2) is 0 Å². The van der Waals surface area contributed by atoms with E-state index in [9.17, 15) is 0 Å². The molecule has 0 fully saturated rings. The van der Waals surface area contributed by atoms with Crippen LogP contribution in [0.1, 0.15) is 18.4 Å². The molecule has 0 spiro atoms. The lowest BCUT2D eigenvalue weighted by Crippen LogP contribution is -2.04. The van der Waals surface area contributed by atoms with E-state index >= 15 is 0 Å². The van der Waals surface area contributed by atoms with Gasteiger partial charge in [-0.1, -0.05) is 96.5 Å². The second-order valence-corrected chi connectivity index (χ2v) is 6.60. The van der Waals surface area contributed by atoms with E-state index < -0.39 is 0 Å². The van der Waals surface area contributed by atoms with Gasteiger partial charge >= 0.3 is 0 Å². The van der Waals surface area contributed by atoms with Crippen LogP contribution in [0.3, 0.4) is 0 Å². The molecule has 0 radical (unpaired) electrons. The van der Waals surface area contributed by atoms with Crippen molar-refractivity contribution in [2.45, 2.75) is 12.8 Å². The first-order chi connectivity index (χ1) is 12.3. The first kappa shape index (κ1) is 15.7. The van der Waals surface area contributed by atoms with E-state index in [0.29, 0.717) is 0 Å². The first-order valence-corrected chi connectivity index (χ1v) is 8.95. The molecule has 0 amide bonds. The summed E-state index contributed by atoms with van der Waals surface area (Å²) in [6.45, 7) is 0. The van der Waals surface area contributed by atoms with E-state index in [4.69, 9.17) is 0 Å². The van der Waals surface area contributed by atoms with Crippen molar-refractivity contribution in [3.63, 3.8) is 0 Å². The minimum absolute atomic E-state index is 1.12. The lowest BCUT2D eigenvalue weighted by molar-refractivity contribution is 1.04. The van der Waals surface area contributed by atoms with Gasteiger partial charge in [0.1, 0.15) is 7.85 Å². The third-order valence-corrected chi connectivity index (χ3v) is 4.78. The van der Waals surface area contributed by atoms with Crippen LogP contribution in [0.4, 0.5) is 0 Å². The SMILES string of the molecule is Bc1ccc(-c2ccccc2-c2ccccc2)c(C2=CCCC=C2)c1. The maximum atomic E-state index is 2.36. The van der Waals surface area contributed by atoms with Gasteiger partial charge in [-0.2, -0.15) is 0 Å². The average molecular weight is 320 g/mol. The molecule has 0 bridgehead atoms. The molecule has 1 heteroatoms. The van der Waals surface area contributed by atoms with Crippen molar-refractivity contribution in [2.75, 3.05) is 0 Å². The minimum atomic E-state index is 1.12. The van der Waals surface area contributed by atoms with Gasteiger partial charge in [0, 0.05) is 0 Å². The Morgan fingerprint density at radius 1 is 0.640 bits per heavy atom. The van der Waals surface area contributed by atoms with E-state index in [1.807, 2.05) is 0 Å². The average Bonchev–Trinajstić information content (AvgIpc) is 2.69. The molecule has 4 rings (SSSR count). The van der Waals surface area contributed by atoms with Crippen molar-refractivity contribution >= 4 is 18.9 Å². The summed E-state index contributed by atoms with van der Waals surface area (Å²) in [6, 6.07) is 26.2. The Morgan fingerprint density at radius 2 is 1.36 bits per heavy atom. The van der Waals surface area contributed by atoms with Gasteiger partial charge in [-0.05, 0) is 46.2 Å². The number of hydrogen-bond donors (Lipinski definition) is 0. The highest BCUT2D eigenvalue weighted by molar-refractivity contribution is 6.32. The highest BCUT2D eigenvalue weighted by Crippen LogP contribution is 2.36. The molecular weight excluding hydrogens is 299 g/mol. The van der Waals surface area contributed by atoms with Crippen LogP contribution < -0.4 is 5.46 Å². The predicted octanol–water partition coefficient (Wildman–Crippen LogP) is 5.01. The molecule has 0 unspecified atom stereocenters. The third-order valence-electron chi connectivity index (χ3n) is 4.78. The predicted molar refractivity (Wildman–Crippen MR) is 112 cm³/mol. The molecule has 3 aromatic carbocycles. The van der Waals surface area contributed by atoms with Crippen molar-refractivity contribution in [1.82, 2.24) is 0 Å². The Balaban J connectivity index is 1.92. The number of hydrogen-bond acceptors (Lipinski definition) is 0.